The number of methoxy groups -OCH3 is 1. The second-order valence-electron chi connectivity index (χ2n) is 5.05. The number of benzene rings is 1. The van der Waals surface area contributed by atoms with Crippen LogP contribution in [0, 0.1) is 0 Å². The van der Waals surface area contributed by atoms with Crippen LogP contribution >= 0.6 is 11.6 Å². The lowest BCUT2D eigenvalue weighted by Crippen LogP contribution is -2.10. The van der Waals surface area contributed by atoms with E-state index in [4.69, 9.17) is 16.3 Å². The average Bonchev–Trinajstić information content (AvgIpc) is 2.91. The molecule has 6 heteroatoms. The van der Waals surface area contributed by atoms with Crippen LogP contribution in [-0.2, 0) is 11.3 Å². The van der Waals surface area contributed by atoms with Crippen LogP contribution in [0.4, 0.5) is 0 Å². The Hall–Kier alpha value is -2.37. The Bertz CT molecular complexity index is 839. The molecule has 23 heavy (non-hydrogen) atoms. The molecule has 0 aliphatic heterocycles. The summed E-state index contributed by atoms with van der Waals surface area (Å²) < 4.78 is 6.95. The highest BCUT2D eigenvalue weighted by atomic mass is 35.5. The van der Waals surface area contributed by atoms with Gasteiger partial charge in [0, 0.05) is 30.1 Å². The molecule has 2 aromatic heterocycles. The first-order valence-electron chi connectivity index (χ1n) is 7.19. The van der Waals surface area contributed by atoms with Crippen molar-refractivity contribution in [2.45, 2.75) is 6.54 Å². The first-order valence-corrected chi connectivity index (χ1v) is 7.56. The molecule has 2 heterocycles. The lowest BCUT2D eigenvalue weighted by Gasteiger charge is -2.10. The molecule has 5 nitrogen and oxygen atoms in total. The molecule has 0 saturated heterocycles. The molecule has 0 spiro atoms. The van der Waals surface area contributed by atoms with Crippen molar-refractivity contribution < 1.29 is 4.74 Å². The fourth-order valence-electron chi connectivity index (χ4n) is 2.52. The number of nitrogens with zero attached hydrogens (tertiary/aromatic N) is 2. The summed E-state index contributed by atoms with van der Waals surface area (Å²) in [6.07, 6.45) is 3.35. The van der Waals surface area contributed by atoms with Crippen LogP contribution in [0.25, 0.3) is 22.4 Å². The number of aromatic nitrogens is 3. The fraction of sp³-hybridized carbons (Fsp3) is 0.176. The van der Waals surface area contributed by atoms with Crippen LogP contribution in [0.1, 0.15) is 0 Å². The molecule has 118 valence electrons. The Morgan fingerprint density at radius 2 is 1.83 bits per heavy atom. The molecule has 0 atom stereocenters. The van der Waals surface area contributed by atoms with Crippen LogP contribution < -0.4 is 5.56 Å². The molecule has 0 amide bonds. The molecule has 0 aliphatic rings. The van der Waals surface area contributed by atoms with Crippen molar-refractivity contribution in [3.8, 4) is 22.4 Å². The lowest BCUT2D eigenvalue weighted by molar-refractivity contribution is 0.184. The number of ether oxygens (including phenoxy) is 1. The Labute approximate surface area is 138 Å². The van der Waals surface area contributed by atoms with Gasteiger partial charge in [-0.3, -0.25) is 19.6 Å². The van der Waals surface area contributed by atoms with Crippen molar-refractivity contribution in [3.63, 3.8) is 0 Å². The highest BCUT2D eigenvalue weighted by Gasteiger charge is 2.18. The zero-order valence-corrected chi connectivity index (χ0v) is 13.4. The first kappa shape index (κ1) is 15.5. The number of aromatic amines is 1. The van der Waals surface area contributed by atoms with Crippen LogP contribution in [0.15, 0.2) is 53.6 Å². The molecule has 3 aromatic rings. The SMILES string of the molecule is COCCn1[nH]c(=O)c(-c2ccncc2)c1-c1ccc(Cl)cc1. The van der Waals surface area contributed by atoms with Crippen LogP contribution in [0.5, 0.6) is 0 Å². The predicted molar refractivity (Wildman–Crippen MR) is 90.6 cm³/mol. The molecule has 3 rings (SSSR count). The minimum Gasteiger partial charge on any atom is -0.383 e. The maximum atomic E-state index is 12.5. The second-order valence-corrected chi connectivity index (χ2v) is 5.49. The van der Waals surface area contributed by atoms with Crippen molar-refractivity contribution in [2.75, 3.05) is 13.7 Å². The molecule has 0 saturated carbocycles. The lowest BCUT2D eigenvalue weighted by atomic mass is 10.0. The van der Waals surface area contributed by atoms with E-state index in [1.165, 1.54) is 0 Å². The van der Waals surface area contributed by atoms with Gasteiger partial charge in [0.25, 0.3) is 5.56 Å². The van der Waals surface area contributed by atoms with Gasteiger partial charge in [-0.15, -0.1) is 0 Å². The second kappa shape index (κ2) is 6.81. The van der Waals surface area contributed by atoms with Crippen molar-refractivity contribution in [1.82, 2.24) is 14.8 Å². The van der Waals surface area contributed by atoms with Gasteiger partial charge in [-0.05, 0) is 29.8 Å². The van der Waals surface area contributed by atoms with E-state index in [1.807, 2.05) is 41.1 Å². The first-order chi connectivity index (χ1) is 11.2. The maximum Gasteiger partial charge on any atom is 0.272 e. The van der Waals surface area contributed by atoms with Crippen molar-refractivity contribution in [3.05, 3.63) is 64.2 Å². The molecular weight excluding hydrogens is 314 g/mol. The highest BCUT2D eigenvalue weighted by Crippen LogP contribution is 2.30. The third-order valence-corrected chi connectivity index (χ3v) is 3.83. The van der Waals surface area contributed by atoms with Gasteiger partial charge in [0.05, 0.1) is 24.4 Å². The molecule has 0 aliphatic carbocycles. The van der Waals surface area contributed by atoms with E-state index < -0.39 is 0 Å². The molecule has 0 radical (unpaired) electrons. The summed E-state index contributed by atoms with van der Waals surface area (Å²) in [5.41, 5.74) is 3.02. The summed E-state index contributed by atoms with van der Waals surface area (Å²) in [4.78, 5) is 16.5. The van der Waals surface area contributed by atoms with Crippen LogP contribution in [-0.4, -0.2) is 28.5 Å². The normalized spacial score (nSPS) is 10.9. The van der Waals surface area contributed by atoms with Gasteiger partial charge in [-0.1, -0.05) is 23.7 Å². The van der Waals surface area contributed by atoms with Gasteiger partial charge >= 0.3 is 0 Å². The van der Waals surface area contributed by atoms with E-state index >= 15 is 0 Å². The molecule has 1 N–H and O–H groups in total. The third-order valence-electron chi connectivity index (χ3n) is 3.58. The van der Waals surface area contributed by atoms with Gasteiger partial charge in [0.2, 0.25) is 0 Å². The van der Waals surface area contributed by atoms with Crippen LogP contribution in [0.2, 0.25) is 5.02 Å². The van der Waals surface area contributed by atoms with E-state index in [-0.39, 0.29) is 5.56 Å². The van der Waals surface area contributed by atoms with Crippen LogP contribution in [0.3, 0.4) is 0 Å². The summed E-state index contributed by atoms with van der Waals surface area (Å²) >= 11 is 5.98. The van der Waals surface area contributed by atoms with Gasteiger partial charge < -0.3 is 4.74 Å². The molecule has 1 aromatic carbocycles. The van der Waals surface area contributed by atoms with Gasteiger partial charge in [-0.2, -0.15) is 0 Å². The number of hydrogen-bond donors (Lipinski definition) is 1. The van der Waals surface area contributed by atoms with E-state index in [0.717, 1.165) is 16.8 Å². The average molecular weight is 330 g/mol. The van der Waals surface area contributed by atoms with E-state index in [1.54, 1.807) is 19.5 Å². The van der Waals surface area contributed by atoms with Crippen molar-refractivity contribution in [2.24, 2.45) is 0 Å². The van der Waals surface area contributed by atoms with E-state index in [9.17, 15) is 4.79 Å². The van der Waals surface area contributed by atoms with Gasteiger partial charge in [0.15, 0.2) is 0 Å². The largest absolute Gasteiger partial charge is 0.383 e. The number of H-pyrrole nitrogens is 1. The topological polar surface area (TPSA) is 59.9 Å². The molecule has 0 fully saturated rings. The molecule has 0 bridgehead atoms. The Morgan fingerprint density at radius 1 is 1.13 bits per heavy atom. The summed E-state index contributed by atoms with van der Waals surface area (Å²) in [5, 5.41) is 3.54. The smallest absolute Gasteiger partial charge is 0.272 e. The Kier molecular flexibility index (Phi) is 4.60. The molecular formula is C17H16ClN3O2. The summed E-state index contributed by atoms with van der Waals surface area (Å²) in [7, 11) is 1.63. The zero-order chi connectivity index (χ0) is 16.2. The molecule has 0 unspecified atom stereocenters. The number of hydrogen-bond acceptors (Lipinski definition) is 3. The Balaban J connectivity index is 2.20. The standard InChI is InChI=1S/C17H16ClN3O2/c1-23-11-10-21-16(13-2-4-14(18)5-3-13)15(17(22)20-21)12-6-8-19-9-7-12/h2-9H,10-11H2,1H3,(H,20,22). The highest BCUT2D eigenvalue weighted by molar-refractivity contribution is 6.30. The van der Waals surface area contributed by atoms with Crippen molar-refractivity contribution in [1.29, 1.82) is 0 Å². The number of pyridine rings is 1. The number of rotatable bonds is 5. The zero-order valence-electron chi connectivity index (χ0n) is 12.6. The fourth-order valence-corrected chi connectivity index (χ4v) is 2.65. The van der Waals surface area contributed by atoms with E-state index in [2.05, 4.69) is 10.1 Å². The monoisotopic (exact) mass is 329 g/mol. The van der Waals surface area contributed by atoms with Crippen molar-refractivity contribution >= 4 is 11.6 Å². The van der Waals surface area contributed by atoms with Gasteiger partial charge in [-0.25, -0.2) is 0 Å². The maximum absolute atomic E-state index is 12.5. The Morgan fingerprint density at radius 3 is 2.48 bits per heavy atom. The third kappa shape index (κ3) is 3.21. The minimum atomic E-state index is -0.141. The summed E-state index contributed by atoms with van der Waals surface area (Å²) in [6, 6.07) is 11.1. The van der Waals surface area contributed by atoms with E-state index in [0.29, 0.717) is 23.7 Å². The van der Waals surface area contributed by atoms with Gasteiger partial charge in [0.1, 0.15) is 0 Å². The predicted octanol–water partition coefficient (Wildman–Crippen LogP) is 3.21. The quantitative estimate of drug-likeness (QED) is 0.782. The minimum absolute atomic E-state index is 0.141. The summed E-state index contributed by atoms with van der Waals surface area (Å²) in [6.45, 7) is 1.05. The summed E-state index contributed by atoms with van der Waals surface area (Å²) in [5.74, 6) is 0. The number of halogens is 1. The number of nitrogens with one attached hydrogen (secondary N) is 1.